The molecule has 0 atom stereocenters. The van der Waals surface area contributed by atoms with E-state index in [0.29, 0.717) is 22.9 Å². The molecule has 0 bridgehead atoms. The molecule has 6 heteroatoms. The number of carbonyl (C=O) groups is 1. The van der Waals surface area contributed by atoms with Crippen LogP contribution >= 0.6 is 0 Å². The first-order valence-corrected chi connectivity index (χ1v) is 5.78. The van der Waals surface area contributed by atoms with Crippen molar-refractivity contribution in [2.75, 3.05) is 10.7 Å². The summed E-state index contributed by atoms with van der Waals surface area (Å²) in [6.45, 7) is 3.73. The van der Waals surface area contributed by atoms with E-state index < -0.39 is 0 Å². The first kappa shape index (κ1) is 13.0. The molecule has 2 rings (SSSR count). The van der Waals surface area contributed by atoms with Crippen LogP contribution in [0.2, 0.25) is 0 Å². The van der Waals surface area contributed by atoms with Gasteiger partial charge in [-0.3, -0.25) is 4.79 Å². The summed E-state index contributed by atoms with van der Waals surface area (Å²) in [5, 5.41) is 2.72. The van der Waals surface area contributed by atoms with E-state index in [-0.39, 0.29) is 5.91 Å². The minimum atomic E-state index is -0.252. The molecule has 0 spiro atoms. The normalized spacial score (nSPS) is 10.1. The number of nitrogens with one attached hydrogen (secondary N) is 2. The van der Waals surface area contributed by atoms with Gasteiger partial charge in [0.2, 0.25) is 0 Å². The second kappa shape index (κ2) is 5.45. The number of aryl methyl sites for hydroxylation is 2. The highest BCUT2D eigenvalue weighted by Gasteiger charge is 2.09. The number of aromatic nitrogens is 2. The predicted molar refractivity (Wildman–Crippen MR) is 73.7 cm³/mol. The molecule has 4 N–H and O–H groups in total. The van der Waals surface area contributed by atoms with Crippen LogP contribution in [0.5, 0.6) is 0 Å². The van der Waals surface area contributed by atoms with Crippen LogP contribution in [0, 0.1) is 13.8 Å². The highest BCUT2D eigenvalue weighted by Crippen LogP contribution is 2.12. The summed E-state index contributed by atoms with van der Waals surface area (Å²) < 4.78 is 0. The lowest BCUT2D eigenvalue weighted by atomic mass is 10.2. The average molecular weight is 257 g/mol. The number of amides is 1. The van der Waals surface area contributed by atoms with Gasteiger partial charge in [-0.1, -0.05) is 6.07 Å². The van der Waals surface area contributed by atoms with E-state index in [9.17, 15) is 4.79 Å². The van der Waals surface area contributed by atoms with Crippen molar-refractivity contribution in [1.29, 1.82) is 0 Å². The molecular weight excluding hydrogens is 242 g/mol. The molecule has 0 aliphatic rings. The van der Waals surface area contributed by atoms with E-state index in [1.807, 2.05) is 13.0 Å². The van der Waals surface area contributed by atoms with Gasteiger partial charge in [-0.25, -0.2) is 15.8 Å². The average Bonchev–Trinajstić information content (AvgIpc) is 2.40. The Hall–Kier alpha value is -2.47. The van der Waals surface area contributed by atoms with Crippen LogP contribution in [0.4, 0.5) is 11.6 Å². The van der Waals surface area contributed by atoms with Crippen LogP contribution in [-0.2, 0) is 0 Å². The molecule has 2 aromatic rings. The Labute approximate surface area is 111 Å². The first-order valence-electron chi connectivity index (χ1n) is 5.78. The van der Waals surface area contributed by atoms with E-state index in [1.165, 1.54) is 0 Å². The Balaban J connectivity index is 2.20. The first-order chi connectivity index (χ1) is 9.08. The standard InChI is InChI=1S/C13H15N5O/c1-8-3-4-11(15-7-8)17-13(19)10-5-9(2)16-12(6-10)18-14/h3-7H,14H2,1-2H3,(H,16,18)(H,15,17,19). The van der Waals surface area contributed by atoms with Crippen LogP contribution in [-0.4, -0.2) is 15.9 Å². The number of hydrazine groups is 1. The zero-order valence-electron chi connectivity index (χ0n) is 10.8. The second-order valence-electron chi connectivity index (χ2n) is 4.20. The van der Waals surface area contributed by atoms with Crippen molar-refractivity contribution < 1.29 is 4.79 Å². The topological polar surface area (TPSA) is 92.9 Å². The Morgan fingerprint density at radius 1 is 1.21 bits per heavy atom. The molecular formula is C13H15N5O. The summed E-state index contributed by atoms with van der Waals surface area (Å²) >= 11 is 0. The number of pyridine rings is 2. The third-order valence-electron chi connectivity index (χ3n) is 2.52. The van der Waals surface area contributed by atoms with E-state index in [2.05, 4.69) is 20.7 Å². The Kier molecular flexibility index (Phi) is 3.72. The molecule has 0 aromatic carbocycles. The zero-order valence-corrected chi connectivity index (χ0v) is 10.8. The van der Waals surface area contributed by atoms with Crippen molar-refractivity contribution in [3.05, 3.63) is 47.3 Å². The van der Waals surface area contributed by atoms with Gasteiger partial charge in [0.1, 0.15) is 11.6 Å². The molecule has 0 unspecified atom stereocenters. The molecule has 0 fully saturated rings. The molecule has 0 radical (unpaired) electrons. The number of hydrogen-bond acceptors (Lipinski definition) is 5. The van der Waals surface area contributed by atoms with Crippen LogP contribution in [0.3, 0.4) is 0 Å². The van der Waals surface area contributed by atoms with Gasteiger partial charge in [-0.15, -0.1) is 0 Å². The van der Waals surface area contributed by atoms with Gasteiger partial charge in [0.25, 0.3) is 5.91 Å². The maximum absolute atomic E-state index is 12.1. The minimum Gasteiger partial charge on any atom is -0.308 e. The summed E-state index contributed by atoms with van der Waals surface area (Å²) in [6.07, 6.45) is 1.69. The summed E-state index contributed by atoms with van der Waals surface area (Å²) in [7, 11) is 0. The number of hydrogen-bond donors (Lipinski definition) is 3. The van der Waals surface area contributed by atoms with Crippen LogP contribution in [0.25, 0.3) is 0 Å². The van der Waals surface area contributed by atoms with E-state index in [1.54, 1.807) is 31.3 Å². The molecule has 0 aliphatic heterocycles. The summed E-state index contributed by atoms with van der Waals surface area (Å²) in [5.41, 5.74) is 4.64. The highest BCUT2D eigenvalue weighted by atomic mass is 16.1. The molecule has 19 heavy (non-hydrogen) atoms. The molecule has 2 heterocycles. The lowest BCUT2D eigenvalue weighted by Crippen LogP contribution is -2.15. The van der Waals surface area contributed by atoms with Gasteiger partial charge in [0, 0.05) is 17.5 Å². The number of nitrogens with two attached hydrogens (primary N) is 1. The highest BCUT2D eigenvalue weighted by molar-refractivity contribution is 6.04. The van der Waals surface area contributed by atoms with Gasteiger partial charge in [0.15, 0.2) is 0 Å². The number of anilines is 2. The third kappa shape index (κ3) is 3.26. The molecule has 0 aliphatic carbocycles. The summed E-state index contributed by atoms with van der Waals surface area (Å²) in [4.78, 5) is 20.3. The van der Waals surface area contributed by atoms with Crippen LogP contribution < -0.4 is 16.6 Å². The van der Waals surface area contributed by atoms with Gasteiger partial charge in [0.05, 0.1) is 0 Å². The maximum atomic E-state index is 12.1. The second-order valence-corrected chi connectivity index (χ2v) is 4.20. The van der Waals surface area contributed by atoms with Crippen molar-refractivity contribution in [2.24, 2.45) is 5.84 Å². The van der Waals surface area contributed by atoms with Gasteiger partial charge < -0.3 is 10.7 Å². The summed E-state index contributed by atoms with van der Waals surface area (Å²) in [5.74, 6) is 6.00. The number of carbonyl (C=O) groups excluding carboxylic acids is 1. The van der Waals surface area contributed by atoms with Crippen LogP contribution in [0.1, 0.15) is 21.6 Å². The molecule has 6 nitrogen and oxygen atoms in total. The van der Waals surface area contributed by atoms with Crippen molar-refractivity contribution >= 4 is 17.5 Å². The smallest absolute Gasteiger partial charge is 0.257 e. The molecule has 0 saturated heterocycles. The fourth-order valence-corrected chi connectivity index (χ4v) is 1.60. The summed E-state index contributed by atoms with van der Waals surface area (Å²) in [6, 6.07) is 6.90. The van der Waals surface area contributed by atoms with E-state index in [4.69, 9.17) is 5.84 Å². The van der Waals surface area contributed by atoms with Gasteiger partial charge in [-0.05, 0) is 37.6 Å². The fourth-order valence-electron chi connectivity index (χ4n) is 1.60. The lowest BCUT2D eigenvalue weighted by molar-refractivity contribution is 0.102. The number of nitrogens with zero attached hydrogens (tertiary/aromatic N) is 2. The van der Waals surface area contributed by atoms with Crippen molar-refractivity contribution in [2.45, 2.75) is 13.8 Å². The fraction of sp³-hybridized carbons (Fsp3) is 0.154. The largest absolute Gasteiger partial charge is 0.308 e. The quantitative estimate of drug-likeness (QED) is 0.574. The lowest BCUT2D eigenvalue weighted by Gasteiger charge is -2.07. The van der Waals surface area contributed by atoms with E-state index >= 15 is 0 Å². The van der Waals surface area contributed by atoms with Crippen molar-refractivity contribution in [3.63, 3.8) is 0 Å². The molecule has 0 saturated carbocycles. The Bertz CT molecular complexity index is 594. The SMILES string of the molecule is Cc1ccc(NC(=O)c2cc(C)nc(NN)c2)nc1. The Morgan fingerprint density at radius 3 is 2.63 bits per heavy atom. The Morgan fingerprint density at radius 2 is 2.00 bits per heavy atom. The van der Waals surface area contributed by atoms with Gasteiger partial charge >= 0.3 is 0 Å². The van der Waals surface area contributed by atoms with Crippen molar-refractivity contribution in [3.8, 4) is 0 Å². The number of nitrogen functional groups attached to an aromatic ring is 1. The predicted octanol–water partition coefficient (Wildman–Crippen LogP) is 1.63. The monoisotopic (exact) mass is 257 g/mol. The minimum absolute atomic E-state index is 0.252. The molecule has 2 aromatic heterocycles. The van der Waals surface area contributed by atoms with Gasteiger partial charge in [-0.2, -0.15) is 0 Å². The van der Waals surface area contributed by atoms with E-state index in [0.717, 1.165) is 5.56 Å². The zero-order chi connectivity index (χ0) is 13.8. The molecule has 1 amide bonds. The number of rotatable bonds is 3. The third-order valence-corrected chi connectivity index (χ3v) is 2.52. The molecule has 98 valence electrons. The van der Waals surface area contributed by atoms with Crippen LogP contribution in [0.15, 0.2) is 30.5 Å². The van der Waals surface area contributed by atoms with Crippen molar-refractivity contribution in [1.82, 2.24) is 9.97 Å². The maximum Gasteiger partial charge on any atom is 0.257 e.